The van der Waals surface area contributed by atoms with Crippen molar-refractivity contribution in [3.05, 3.63) is 12.3 Å². The maximum atomic E-state index is 12.1. The van der Waals surface area contributed by atoms with Gasteiger partial charge in [0.25, 0.3) is 0 Å². The van der Waals surface area contributed by atoms with E-state index in [4.69, 9.17) is 5.11 Å². The molecule has 102 valence electrons. The molecule has 1 aromatic rings. The molecule has 1 unspecified atom stereocenters. The predicted octanol–water partition coefficient (Wildman–Crippen LogP) is 0.807. The first-order chi connectivity index (χ1) is 8.20. The number of rotatable bonds is 3. The van der Waals surface area contributed by atoms with Crippen LogP contribution in [0.15, 0.2) is 12.3 Å². The molecular weight excluding hydrogens is 253 g/mol. The van der Waals surface area contributed by atoms with Crippen LogP contribution in [0.3, 0.4) is 0 Å². The normalized spacial score (nSPS) is 13.2. The summed E-state index contributed by atoms with van der Waals surface area (Å²) in [6, 6.07) is 0.711. The van der Waals surface area contributed by atoms with Crippen molar-refractivity contribution in [3.8, 4) is 0 Å². The molecule has 0 aromatic carbocycles. The van der Waals surface area contributed by atoms with E-state index in [-0.39, 0.29) is 5.82 Å². The highest BCUT2D eigenvalue weighted by Crippen LogP contribution is 2.20. The fraction of sp³-hybridized carbons (Fsp3) is 0.556. The number of hydrogen-bond donors (Lipinski definition) is 2. The quantitative estimate of drug-likeness (QED) is 0.850. The van der Waals surface area contributed by atoms with E-state index < -0.39 is 24.9 Å². The number of likely N-dealkylation sites (N-methyl/N-ethyl adjacent to an activating group) is 1. The zero-order valence-electron chi connectivity index (χ0n) is 9.77. The minimum absolute atomic E-state index is 0.218. The van der Waals surface area contributed by atoms with Gasteiger partial charge in [-0.2, -0.15) is 18.3 Å². The summed E-state index contributed by atoms with van der Waals surface area (Å²) in [4.78, 5) is 12.2. The molecule has 0 saturated carbocycles. The number of hydrogen-bond acceptors (Lipinski definition) is 3. The van der Waals surface area contributed by atoms with E-state index in [1.807, 2.05) is 0 Å². The van der Waals surface area contributed by atoms with Gasteiger partial charge in [0.15, 0.2) is 11.9 Å². The minimum atomic E-state index is -4.75. The summed E-state index contributed by atoms with van der Waals surface area (Å²) in [6.45, 7) is -0.845. The molecule has 1 rings (SSSR count). The number of amides is 2. The Bertz CT molecular complexity index is 418. The van der Waals surface area contributed by atoms with Crippen LogP contribution in [-0.4, -0.2) is 51.7 Å². The van der Waals surface area contributed by atoms with Gasteiger partial charge in [-0.15, -0.1) is 0 Å². The lowest BCUT2D eigenvalue weighted by Crippen LogP contribution is -2.43. The fourth-order valence-electron chi connectivity index (χ4n) is 1.13. The molecular formula is C9H13F3N4O2. The number of carbonyl (C=O) groups is 1. The van der Waals surface area contributed by atoms with Gasteiger partial charge in [-0.3, -0.25) is 10.00 Å². The van der Waals surface area contributed by atoms with Crippen LogP contribution in [0.25, 0.3) is 0 Å². The summed E-state index contributed by atoms with van der Waals surface area (Å²) in [5.74, 6) is 0.218. The van der Waals surface area contributed by atoms with Crippen LogP contribution < -0.4 is 5.32 Å². The summed E-state index contributed by atoms with van der Waals surface area (Å²) < 4.78 is 37.7. The zero-order chi connectivity index (χ0) is 13.9. The molecule has 6 nitrogen and oxygen atoms in total. The van der Waals surface area contributed by atoms with Gasteiger partial charge < -0.3 is 10.0 Å². The number of anilines is 1. The first-order valence-corrected chi connectivity index (χ1v) is 4.96. The van der Waals surface area contributed by atoms with Gasteiger partial charge in [0.05, 0.1) is 6.54 Å². The van der Waals surface area contributed by atoms with E-state index in [9.17, 15) is 18.0 Å². The standard InChI is InChI=1S/C9H13F3N4O2/c1-15(5-6(17)9(10,11)12)8(18)13-7-3-4-16(2)14-7/h3-4,6,17H,5H2,1-2H3,(H,13,14,18). The first kappa shape index (κ1) is 14.3. The van der Waals surface area contributed by atoms with Gasteiger partial charge >= 0.3 is 12.2 Å². The lowest BCUT2D eigenvalue weighted by atomic mass is 10.3. The Labute approximate surface area is 101 Å². The van der Waals surface area contributed by atoms with Crippen LogP contribution in [0, 0.1) is 0 Å². The molecule has 1 heterocycles. The van der Waals surface area contributed by atoms with Crippen LogP contribution in [0.1, 0.15) is 0 Å². The minimum Gasteiger partial charge on any atom is -0.382 e. The number of nitrogens with zero attached hydrogens (tertiary/aromatic N) is 3. The lowest BCUT2D eigenvalue weighted by Gasteiger charge is -2.22. The Hall–Kier alpha value is -1.77. The van der Waals surface area contributed by atoms with Crippen LogP contribution in [0.5, 0.6) is 0 Å². The van der Waals surface area contributed by atoms with Crippen LogP contribution >= 0.6 is 0 Å². The zero-order valence-corrected chi connectivity index (χ0v) is 9.77. The number of nitrogens with one attached hydrogen (secondary N) is 1. The van der Waals surface area contributed by atoms with E-state index in [1.165, 1.54) is 10.7 Å². The summed E-state index contributed by atoms with van der Waals surface area (Å²) in [7, 11) is 2.78. The third-order valence-corrected chi connectivity index (χ3v) is 2.12. The summed E-state index contributed by atoms with van der Waals surface area (Å²) in [6.07, 6.45) is -5.75. The average Bonchev–Trinajstić information content (AvgIpc) is 2.62. The van der Waals surface area contributed by atoms with Gasteiger partial charge in [-0.1, -0.05) is 0 Å². The maximum Gasteiger partial charge on any atom is 0.416 e. The van der Waals surface area contributed by atoms with Crippen LogP contribution in [0.2, 0.25) is 0 Å². The molecule has 18 heavy (non-hydrogen) atoms. The number of carbonyl (C=O) groups excluding carboxylic acids is 1. The lowest BCUT2D eigenvalue weighted by molar-refractivity contribution is -0.205. The third-order valence-electron chi connectivity index (χ3n) is 2.12. The Kier molecular flexibility index (Phi) is 4.17. The molecule has 0 aliphatic rings. The van der Waals surface area contributed by atoms with Gasteiger partial charge in [0, 0.05) is 26.4 Å². The number of urea groups is 1. The number of alkyl halides is 3. The molecule has 0 spiro atoms. The Balaban J connectivity index is 2.52. The van der Waals surface area contributed by atoms with Gasteiger partial charge in [0.1, 0.15) is 0 Å². The highest BCUT2D eigenvalue weighted by molar-refractivity contribution is 5.88. The van der Waals surface area contributed by atoms with Crippen molar-refractivity contribution >= 4 is 11.8 Å². The van der Waals surface area contributed by atoms with E-state index in [0.717, 1.165) is 11.9 Å². The van der Waals surface area contributed by atoms with Crippen molar-refractivity contribution in [2.75, 3.05) is 18.9 Å². The molecule has 0 fully saturated rings. The molecule has 0 aliphatic carbocycles. The summed E-state index contributed by atoms with van der Waals surface area (Å²) >= 11 is 0. The van der Waals surface area contributed by atoms with Crippen molar-refractivity contribution in [1.29, 1.82) is 0 Å². The second-order valence-corrected chi connectivity index (χ2v) is 3.74. The first-order valence-electron chi connectivity index (χ1n) is 4.96. The topological polar surface area (TPSA) is 70.4 Å². The average molecular weight is 266 g/mol. The van der Waals surface area contributed by atoms with Gasteiger partial charge in [-0.05, 0) is 0 Å². The predicted molar refractivity (Wildman–Crippen MR) is 56.9 cm³/mol. The van der Waals surface area contributed by atoms with E-state index in [2.05, 4.69) is 10.4 Å². The summed E-state index contributed by atoms with van der Waals surface area (Å²) in [5.41, 5.74) is 0. The van der Waals surface area contributed by atoms with Crippen molar-refractivity contribution in [1.82, 2.24) is 14.7 Å². The maximum absolute atomic E-state index is 12.1. The Morgan fingerprint density at radius 1 is 1.67 bits per heavy atom. The number of aromatic nitrogens is 2. The summed E-state index contributed by atoms with van der Waals surface area (Å²) in [5, 5.41) is 14.9. The molecule has 0 radical (unpaired) electrons. The molecule has 2 N–H and O–H groups in total. The van der Waals surface area contributed by atoms with E-state index >= 15 is 0 Å². The van der Waals surface area contributed by atoms with Crippen molar-refractivity contribution in [3.63, 3.8) is 0 Å². The smallest absolute Gasteiger partial charge is 0.382 e. The second-order valence-electron chi connectivity index (χ2n) is 3.74. The highest BCUT2D eigenvalue weighted by Gasteiger charge is 2.39. The molecule has 9 heteroatoms. The Morgan fingerprint density at radius 2 is 2.28 bits per heavy atom. The van der Waals surface area contributed by atoms with Crippen molar-refractivity contribution in [2.45, 2.75) is 12.3 Å². The van der Waals surface area contributed by atoms with Crippen LogP contribution in [-0.2, 0) is 7.05 Å². The fourth-order valence-corrected chi connectivity index (χ4v) is 1.13. The van der Waals surface area contributed by atoms with Crippen molar-refractivity contribution in [2.24, 2.45) is 7.05 Å². The van der Waals surface area contributed by atoms with Crippen LogP contribution in [0.4, 0.5) is 23.8 Å². The molecule has 1 atom stereocenters. The number of aryl methyl sites for hydroxylation is 1. The number of aliphatic hydroxyl groups excluding tert-OH is 1. The third kappa shape index (κ3) is 3.91. The monoisotopic (exact) mass is 266 g/mol. The number of aliphatic hydroxyl groups is 1. The highest BCUT2D eigenvalue weighted by atomic mass is 19.4. The van der Waals surface area contributed by atoms with Crippen molar-refractivity contribution < 1.29 is 23.1 Å². The molecule has 0 saturated heterocycles. The van der Waals surface area contributed by atoms with E-state index in [1.54, 1.807) is 13.2 Å². The molecule has 0 bridgehead atoms. The molecule has 0 aliphatic heterocycles. The SMILES string of the molecule is CN(CC(O)C(F)(F)F)C(=O)Nc1ccn(C)n1. The largest absolute Gasteiger partial charge is 0.416 e. The molecule has 1 aromatic heterocycles. The second kappa shape index (κ2) is 5.25. The number of halogens is 3. The van der Waals surface area contributed by atoms with Gasteiger partial charge in [-0.25, -0.2) is 4.79 Å². The van der Waals surface area contributed by atoms with Gasteiger partial charge in [0.2, 0.25) is 0 Å². The Morgan fingerprint density at radius 3 is 2.72 bits per heavy atom. The van der Waals surface area contributed by atoms with E-state index in [0.29, 0.717) is 0 Å². The molecule has 2 amide bonds.